The highest BCUT2D eigenvalue weighted by Crippen LogP contribution is 2.31. The van der Waals surface area contributed by atoms with Crippen molar-refractivity contribution in [2.24, 2.45) is 0 Å². The van der Waals surface area contributed by atoms with Crippen LogP contribution >= 0.6 is 10.7 Å². The van der Waals surface area contributed by atoms with Crippen LogP contribution in [0.4, 0.5) is 5.69 Å². The number of hydrogen-bond donors (Lipinski definition) is 0. The number of halogens is 1. The predicted octanol–water partition coefficient (Wildman–Crippen LogP) is 1.27. The fourth-order valence-electron chi connectivity index (χ4n) is 1.69. The smallest absolute Gasteiger partial charge is 0.263 e. The highest BCUT2D eigenvalue weighted by Gasteiger charge is 2.33. The zero-order chi connectivity index (χ0) is 12.6. The van der Waals surface area contributed by atoms with E-state index in [0.717, 1.165) is 4.90 Å². The molecule has 7 heteroatoms. The van der Waals surface area contributed by atoms with E-state index >= 15 is 0 Å². The maximum atomic E-state index is 11.5. The van der Waals surface area contributed by atoms with E-state index in [1.165, 1.54) is 18.2 Å². The number of para-hydroxylation sites is 1. The van der Waals surface area contributed by atoms with E-state index in [9.17, 15) is 18.0 Å². The van der Waals surface area contributed by atoms with Gasteiger partial charge in [-0.05, 0) is 12.1 Å². The largest absolute Gasteiger partial charge is 0.274 e. The number of imide groups is 1. The maximum absolute atomic E-state index is 11.5. The minimum Gasteiger partial charge on any atom is -0.274 e. The van der Waals surface area contributed by atoms with Crippen LogP contribution in [0.3, 0.4) is 0 Å². The Morgan fingerprint density at radius 1 is 1.06 bits per heavy atom. The number of anilines is 1. The molecule has 0 atom stereocenters. The summed E-state index contributed by atoms with van der Waals surface area (Å²) < 4.78 is 22.7. The summed E-state index contributed by atoms with van der Waals surface area (Å²) in [6.45, 7) is 0. The third-order valence-electron chi connectivity index (χ3n) is 2.42. The van der Waals surface area contributed by atoms with Crippen LogP contribution in [0.2, 0.25) is 0 Å². The first-order chi connectivity index (χ1) is 7.91. The number of amides is 2. The van der Waals surface area contributed by atoms with Gasteiger partial charge < -0.3 is 0 Å². The molecule has 2 amide bonds. The van der Waals surface area contributed by atoms with E-state index in [1.807, 2.05) is 0 Å². The third kappa shape index (κ3) is 2.18. The van der Waals surface area contributed by atoms with Crippen LogP contribution in [0.1, 0.15) is 12.8 Å². The third-order valence-corrected chi connectivity index (χ3v) is 3.79. The van der Waals surface area contributed by atoms with Crippen molar-refractivity contribution in [1.82, 2.24) is 0 Å². The van der Waals surface area contributed by atoms with Gasteiger partial charge in [-0.3, -0.25) is 9.59 Å². The lowest BCUT2D eigenvalue weighted by Gasteiger charge is -2.16. The lowest BCUT2D eigenvalue weighted by molar-refractivity contribution is -0.121. The normalized spacial score (nSPS) is 16.6. The second kappa shape index (κ2) is 4.12. The molecule has 2 rings (SSSR count). The van der Waals surface area contributed by atoms with Crippen molar-refractivity contribution in [1.29, 1.82) is 0 Å². The van der Waals surface area contributed by atoms with Crippen molar-refractivity contribution in [2.75, 3.05) is 4.90 Å². The van der Waals surface area contributed by atoms with Crippen molar-refractivity contribution in [3.63, 3.8) is 0 Å². The van der Waals surface area contributed by atoms with Crippen LogP contribution < -0.4 is 4.90 Å². The van der Waals surface area contributed by atoms with Crippen molar-refractivity contribution < 1.29 is 18.0 Å². The van der Waals surface area contributed by atoms with Gasteiger partial charge >= 0.3 is 0 Å². The summed E-state index contributed by atoms with van der Waals surface area (Å²) in [6, 6.07) is 5.66. The van der Waals surface area contributed by atoms with Gasteiger partial charge in [0.05, 0.1) is 5.69 Å². The number of benzene rings is 1. The molecule has 0 saturated carbocycles. The molecule has 1 aliphatic rings. The second-order valence-electron chi connectivity index (χ2n) is 3.53. The first-order valence-electron chi connectivity index (χ1n) is 4.81. The van der Waals surface area contributed by atoms with E-state index in [1.54, 1.807) is 6.07 Å². The highest BCUT2D eigenvalue weighted by molar-refractivity contribution is 8.13. The van der Waals surface area contributed by atoms with Gasteiger partial charge in [0, 0.05) is 23.5 Å². The molecular formula is C10H8ClNO4S. The van der Waals surface area contributed by atoms with Crippen LogP contribution in [0.25, 0.3) is 0 Å². The van der Waals surface area contributed by atoms with Crippen LogP contribution in [0.5, 0.6) is 0 Å². The Bertz CT molecular complexity index is 580. The Balaban J connectivity index is 2.60. The highest BCUT2D eigenvalue weighted by atomic mass is 35.7. The summed E-state index contributed by atoms with van der Waals surface area (Å²) in [5.41, 5.74) is 0.0231. The quantitative estimate of drug-likeness (QED) is 0.601. The van der Waals surface area contributed by atoms with Crippen LogP contribution in [0.15, 0.2) is 29.2 Å². The minimum absolute atomic E-state index is 0.0231. The summed E-state index contributed by atoms with van der Waals surface area (Å²) in [5, 5.41) is 0. The Morgan fingerprint density at radius 3 is 2.12 bits per heavy atom. The number of carbonyl (C=O) groups is 2. The first-order valence-corrected chi connectivity index (χ1v) is 7.11. The molecule has 0 radical (unpaired) electrons. The molecule has 1 aromatic rings. The van der Waals surface area contributed by atoms with Crippen LogP contribution in [-0.4, -0.2) is 20.2 Å². The standard InChI is InChI=1S/C10H8ClNO4S/c11-17(15,16)8-4-2-1-3-7(8)12-9(13)5-6-10(12)14/h1-4H,5-6H2. The van der Waals surface area contributed by atoms with Crippen molar-refractivity contribution in [3.05, 3.63) is 24.3 Å². The molecule has 17 heavy (non-hydrogen) atoms. The SMILES string of the molecule is O=C1CCC(=O)N1c1ccccc1S(=O)(=O)Cl. The Hall–Kier alpha value is -1.40. The molecule has 0 unspecified atom stereocenters. The molecule has 1 saturated heterocycles. The topological polar surface area (TPSA) is 71.5 Å². The number of rotatable bonds is 2. The van der Waals surface area contributed by atoms with Gasteiger partial charge in [0.25, 0.3) is 9.05 Å². The average molecular weight is 274 g/mol. The Kier molecular flexibility index (Phi) is 2.92. The van der Waals surface area contributed by atoms with E-state index in [-0.39, 0.29) is 23.4 Å². The molecule has 1 aromatic carbocycles. The summed E-state index contributed by atoms with van der Waals surface area (Å²) in [4.78, 5) is 23.7. The molecule has 0 spiro atoms. The monoisotopic (exact) mass is 273 g/mol. The van der Waals surface area contributed by atoms with Crippen molar-refractivity contribution in [3.8, 4) is 0 Å². The molecule has 5 nitrogen and oxygen atoms in total. The molecule has 90 valence electrons. The van der Waals surface area contributed by atoms with Crippen LogP contribution in [0, 0.1) is 0 Å². The maximum Gasteiger partial charge on any atom is 0.263 e. The fraction of sp³-hybridized carbons (Fsp3) is 0.200. The molecule has 0 N–H and O–H groups in total. The number of hydrogen-bond acceptors (Lipinski definition) is 4. The van der Waals surface area contributed by atoms with E-state index in [0.29, 0.717) is 0 Å². The lowest BCUT2D eigenvalue weighted by Crippen LogP contribution is -2.29. The van der Waals surface area contributed by atoms with Gasteiger partial charge in [-0.15, -0.1) is 0 Å². The zero-order valence-corrected chi connectivity index (χ0v) is 10.2. The van der Waals surface area contributed by atoms with Gasteiger partial charge in [0.2, 0.25) is 11.8 Å². The van der Waals surface area contributed by atoms with Gasteiger partial charge in [0.1, 0.15) is 4.90 Å². The Labute approximate surface area is 102 Å². The average Bonchev–Trinajstić information content (AvgIpc) is 2.57. The molecule has 1 aliphatic heterocycles. The summed E-state index contributed by atoms with van der Waals surface area (Å²) in [5.74, 6) is -0.828. The molecule has 0 bridgehead atoms. The van der Waals surface area contributed by atoms with E-state index < -0.39 is 20.9 Å². The van der Waals surface area contributed by atoms with E-state index in [4.69, 9.17) is 10.7 Å². The molecule has 1 heterocycles. The molecule has 0 aliphatic carbocycles. The fourth-order valence-corrected chi connectivity index (χ4v) is 2.74. The lowest BCUT2D eigenvalue weighted by atomic mass is 10.3. The number of nitrogens with zero attached hydrogens (tertiary/aromatic N) is 1. The van der Waals surface area contributed by atoms with Gasteiger partial charge in [-0.25, -0.2) is 13.3 Å². The molecular weight excluding hydrogens is 266 g/mol. The molecule has 0 aromatic heterocycles. The second-order valence-corrected chi connectivity index (χ2v) is 6.06. The van der Waals surface area contributed by atoms with Gasteiger partial charge in [-0.2, -0.15) is 0 Å². The van der Waals surface area contributed by atoms with E-state index in [2.05, 4.69) is 0 Å². The minimum atomic E-state index is -3.99. The summed E-state index contributed by atoms with van der Waals surface area (Å²) in [7, 11) is 1.27. The van der Waals surface area contributed by atoms with Gasteiger partial charge in [0.15, 0.2) is 0 Å². The number of carbonyl (C=O) groups excluding carboxylic acids is 2. The first kappa shape index (κ1) is 12.1. The van der Waals surface area contributed by atoms with Crippen molar-refractivity contribution in [2.45, 2.75) is 17.7 Å². The summed E-state index contributed by atoms with van der Waals surface area (Å²) >= 11 is 0. The van der Waals surface area contributed by atoms with Gasteiger partial charge in [-0.1, -0.05) is 12.1 Å². The van der Waals surface area contributed by atoms with Crippen LogP contribution in [-0.2, 0) is 18.6 Å². The Morgan fingerprint density at radius 2 is 1.59 bits per heavy atom. The van der Waals surface area contributed by atoms with Crippen molar-refractivity contribution >= 4 is 37.2 Å². The summed E-state index contributed by atoms with van der Waals surface area (Å²) in [6.07, 6.45) is 0.186. The zero-order valence-electron chi connectivity index (χ0n) is 8.59. The molecule has 1 fully saturated rings. The predicted molar refractivity (Wildman–Crippen MR) is 61.2 cm³/mol.